The summed E-state index contributed by atoms with van der Waals surface area (Å²) in [6.45, 7) is 3.94. The maximum absolute atomic E-state index is 12.3. The molecule has 1 aliphatic rings. The van der Waals surface area contributed by atoms with Crippen molar-refractivity contribution in [1.82, 2.24) is 5.32 Å². The molecule has 1 amide bonds. The van der Waals surface area contributed by atoms with Crippen LogP contribution in [-0.2, 0) is 9.59 Å². The van der Waals surface area contributed by atoms with Crippen molar-refractivity contribution in [1.29, 1.82) is 0 Å². The van der Waals surface area contributed by atoms with Gasteiger partial charge in [0.2, 0.25) is 0 Å². The van der Waals surface area contributed by atoms with Crippen molar-refractivity contribution in [3.05, 3.63) is 52.9 Å². The first-order valence-corrected chi connectivity index (χ1v) is 10.3. The Morgan fingerprint density at radius 3 is 2.61 bits per heavy atom. The van der Waals surface area contributed by atoms with Crippen molar-refractivity contribution in [2.45, 2.75) is 20.0 Å². The van der Waals surface area contributed by atoms with Gasteiger partial charge in [-0.05, 0) is 73.6 Å². The molecule has 3 rings (SSSR count). The summed E-state index contributed by atoms with van der Waals surface area (Å²) in [5.41, 5.74) is 1.40. The Kier molecular flexibility index (Phi) is 7.19. The molecule has 0 radical (unpaired) electrons. The predicted molar refractivity (Wildman–Crippen MR) is 119 cm³/mol. The first-order chi connectivity index (χ1) is 14.9. The van der Waals surface area contributed by atoms with E-state index in [0.717, 1.165) is 5.75 Å². The van der Waals surface area contributed by atoms with E-state index in [1.54, 1.807) is 24.3 Å². The molecule has 1 fully saturated rings. The standard InChI is InChI=1S/C22H22N2O6S/c1-4-29-16-8-6-15(7-9-16)23-22-24-20(25)19(31-22)12-14-5-10-17(18(11-14)28-3)30-13(2)21(26)27/h5-13H,4H2,1-3H3,(H,26,27)(H,23,24,25)/b19-12-/t13-/m0/s1. The van der Waals surface area contributed by atoms with Crippen molar-refractivity contribution in [2.75, 3.05) is 13.7 Å². The van der Waals surface area contributed by atoms with Crippen molar-refractivity contribution in [2.24, 2.45) is 4.99 Å². The molecule has 9 heteroatoms. The molecule has 0 saturated carbocycles. The monoisotopic (exact) mass is 442 g/mol. The average Bonchev–Trinajstić information content (AvgIpc) is 3.09. The maximum Gasteiger partial charge on any atom is 0.344 e. The lowest BCUT2D eigenvalue weighted by molar-refractivity contribution is -0.144. The van der Waals surface area contributed by atoms with Crippen LogP contribution in [0.5, 0.6) is 17.2 Å². The van der Waals surface area contributed by atoms with E-state index in [0.29, 0.717) is 39.4 Å². The van der Waals surface area contributed by atoms with Gasteiger partial charge in [0.05, 0.1) is 24.3 Å². The number of nitrogens with one attached hydrogen (secondary N) is 1. The number of amidine groups is 1. The molecule has 2 N–H and O–H groups in total. The van der Waals surface area contributed by atoms with Crippen LogP contribution in [0.4, 0.5) is 5.69 Å². The van der Waals surface area contributed by atoms with E-state index in [2.05, 4.69) is 10.3 Å². The molecule has 1 atom stereocenters. The fraction of sp³-hybridized carbons (Fsp3) is 0.227. The lowest BCUT2D eigenvalue weighted by Gasteiger charge is -2.14. The quantitative estimate of drug-likeness (QED) is 0.598. The summed E-state index contributed by atoms with van der Waals surface area (Å²) < 4.78 is 16.1. The molecule has 0 aromatic heterocycles. The lowest BCUT2D eigenvalue weighted by Crippen LogP contribution is -2.23. The van der Waals surface area contributed by atoms with Crippen LogP contribution < -0.4 is 19.5 Å². The van der Waals surface area contributed by atoms with E-state index in [9.17, 15) is 9.59 Å². The molecular weight excluding hydrogens is 420 g/mol. The van der Waals surface area contributed by atoms with Crippen molar-refractivity contribution < 1.29 is 28.9 Å². The summed E-state index contributed by atoms with van der Waals surface area (Å²) in [4.78, 5) is 28.3. The van der Waals surface area contributed by atoms with Gasteiger partial charge >= 0.3 is 5.97 Å². The van der Waals surface area contributed by atoms with Gasteiger partial charge in [-0.15, -0.1) is 0 Å². The van der Waals surface area contributed by atoms with Gasteiger partial charge in [0.1, 0.15) is 5.75 Å². The lowest BCUT2D eigenvalue weighted by atomic mass is 10.2. The minimum Gasteiger partial charge on any atom is -0.494 e. The van der Waals surface area contributed by atoms with E-state index >= 15 is 0 Å². The van der Waals surface area contributed by atoms with E-state index in [1.165, 1.54) is 25.8 Å². The smallest absolute Gasteiger partial charge is 0.344 e. The Morgan fingerprint density at radius 1 is 1.23 bits per heavy atom. The summed E-state index contributed by atoms with van der Waals surface area (Å²) in [6.07, 6.45) is 0.684. The number of aliphatic carboxylic acids is 1. The number of aliphatic imine (C=N–C) groups is 1. The number of carbonyl (C=O) groups is 2. The molecular formula is C22H22N2O6S. The van der Waals surface area contributed by atoms with E-state index < -0.39 is 12.1 Å². The number of carboxylic acids is 1. The van der Waals surface area contributed by atoms with E-state index in [4.69, 9.17) is 19.3 Å². The number of thioether (sulfide) groups is 1. The molecule has 8 nitrogen and oxygen atoms in total. The van der Waals surface area contributed by atoms with Gasteiger partial charge in [-0.1, -0.05) is 6.07 Å². The van der Waals surface area contributed by atoms with Gasteiger partial charge in [-0.3, -0.25) is 4.79 Å². The summed E-state index contributed by atoms with van der Waals surface area (Å²) in [6, 6.07) is 12.3. The second-order valence-corrected chi connectivity index (χ2v) is 7.45. The summed E-state index contributed by atoms with van der Waals surface area (Å²) in [7, 11) is 1.46. The van der Waals surface area contributed by atoms with Gasteiger partial charge in [-0.25, -0.2) is 9.79 Å². The van der Waals surface area contributed by atoms with E-state index in [1.807, 2.05) is 31.2 Å². The van der Waals surface area contributed by atoms with Crippen LogP contribution >= 0.6 is 11.8 Å². The third-order valence-corrected chi connectivity index (χ3v) is 5.08. The number of carboxylic acid groups (broad SMARTS) is 1. The first kappa shape index (κ1) is 22.2. The zero-order valence-electron chi connectivity index (χ0n) is 17.2. The number of rotatable bonds is 8. The highest BCUT2D eigenvalue weighted by Gasteiger charge is 2.24. The summed E-state index contributed by atoms with van der Waals surface area (Å²) in [5, 5.41) is 12.2. The minimum atomic E-state index is -1.08. The normalized spacial score (nSPS) is 16.8. The van der Waals surface area contributed by atoms with Crippen LogP contribution in [0.1, 0.15) is 19.4 Å². The minimum absolute atomic E-state index is 0.256. The van der Waals surface area contributed by atoms with Crippen LogP contribution in [0, 0.1) is 0 Å². The maximum atomic E-state index is 12.3. The highest BCUT2D eigenvalue weighted by molar-refractivity contribution is 8.18. The molecule has 2 aromatic rings. The Bertz CT molecular complexity index is 1030. The van der Waals surface area contributed by atoms with Crippen molar-refractivity contribution in [3.8, 4) is 17.2 Å². The number of hydrogen-bond donors (Lipinski definition) is 2. The average molecular weight is 442 g/mol. The molecule has 162 valence electrons. The van der Waals surface area contributed by atoms with Crippen LogP contribution in [0.2, 0.25) is 0 Å². The molecule has 0 spiro atoms. The van der Waals surface area contributed by atoms with Gasteiger partial charge in [0.15, 0.2) is 22.8 Å². The number of carbonyl (C=O) groups excluding carboxylic acids is 1. The molecule has 1 heterocycles. The number of benzene rings is 2. The van der Waals surface area contributed by atoms with Gasteiger partial charge < -0.3 is 24.6 Å². The Balaban J connectivity index is 1.76. The second kappa shape index (κ2) is 10.0. The summed E-state index contributed by atoms with van der Waals surface area (Å²) in [5.74, 6) is 0.101. The third kappa shape index (κ3) is 5.79. The molecule has 0 unspecified atom stereocenters. The number of ether oxygens (including phenoxy) is 3. The topological polar surface area (TPSA) is 106 Å². The number of methoxy groups -OCH3 is 1. The van der Waals surface area contributed by atoms with Crippen molar-refractivity contribution >= 4 is 40.6 Å². The fourth-order valence-corrected chi connectivity index (χ4v) is 3.49. The summed E-state index contributed by atoms with van der Waals surface area (Å²) >= 11 is 1.22. The molecule has 0 aliphatic carbocycles. The number of nitrogens with zero attached hydrogens (tertiary/aromatic N) is 1. The zero-order valence-corrected chi connectivity index (χ0v) is 18.1. The van der Waals surface area contributed by atoms with Crippen molar-refractivity contribution in [3.63, 3.8) is 0 Å². The van der Waals surface area contributed by atoms with Gasteiger partial charge in [-0.2, -0.15) is 0 Å². The Morgan fingerprint density at radius 2 is 1.97 bits per heavy atom. The third-order valence-electron chi connectivity index (χ3n) is 4.17. The molecule has 31 heavy (non-hydrogen) atoms. The Hall–Kier alpha value is -3.46. The fourth-order valence-electron chi connectivity index (χ4n) is 2.64. The highest BCUT2D eigenvalue weighted by atomic mass is 32.2. The molecule has 2 aromatic carbocycles. The number of hydrogen-bond acceptors (Lipinski definition) is 7. The van der Waals surface area contributed by atoms with Crippen LogP contribution in [0.25, 0.3) is 6.08 Å². The zero-order chi connectivity index (χ0) is 22.4. The van der Waals surface area contributed by atoms with Crippen LogP contribution in [0.15, 0.2) is 52.4 Å². The van der Waals surface area contributed by atoms with E-state index in [-0.39, 0.29) is 5.91 Å². The molecule has 1 aliphatic heterocycles. The molecule has 0 bridgehead atoms. The van der Waals surface area contributed by atoms with Gasteiger partial charge in [0, 0.05) is 0 Å². The van der Waals surface area contributed by atoms with Gasteiger partial charge in [0.25, 0.3) is 5.91 Å². The second-order valence-electron chi connectivity index (χ2n) is 6.42. The first-order valence-electron chi connectivity index (χ1n) is 9.49. The van der Waals surface area contributed by atoms with Crippen LogP contribution in [-0.4, -0.2) is 42.0 Å². The Labute approximate surface area is 183 Å². The van der Waals surface area contributed by atoms with Crippen LogP contribution in [0.3, 0.4) is 0 Å². The highest BCUT2D eigenvalue weighted by Crippen LogP contribution is 2.33. The molecule has 1 saturated heterocycles. The SMILES string of the molecule is CCOc1ccc(N=C2NC(=O)/C(=C/c3ccc(O[C@@H](C)C(=O)O)c(OC)c3)S2)cc1. The predicted octanol–water partition coefficient (Wildman–Crippen LogP) is 3.84. The number of amides is 1. The largest absolute Gasteiger partial charge is 0.494 e.